The molecule has 126 valence electrons. The quantitative estimate of drug-likeness (QED) is 0.756. The molecule has 2 aromatic rings. The van der Waals surface area contributed by atoms with Crippen molar-refractivity contribution in [3.8, 4) is 0 Å². The average molecular weight is 366 g/mol. The van der Waals surface area contributed by atoms with Gasteiger partial charge in [0.25, 0.3) is 5.91 Å². The fraction of sp³-hybridized carbons (Fsp3) is 0.222. The van der Waals surface area contributed by atoms with Gasteiger partial charge in [0.15, 0.2) is 6.61 Å². The summed E-state index contributed by atoms with van der Waals surface area (Å²) in [6.45, 7) is 1.51. The van der Waals surface area contributed by atoms with Crippen LogP contribution < -0.4 is 5.32 Å². The lowest BCUT2D eigenvalue weighted by Crippen LogP contribution is -2.24. The number of carbonyl (C=O) groups is 2. The first-order chi connectivity index (χ1) is 11.5. The van der Waals surface area contributed by atoms with E-state index >= 15 is 0 Å². The van der Waals surface area contributed by atoms with Crippen molar-refractivity contribution in [3.63, 3.8) is 0 Å². The number of amides is 1. The van der Waals surface area contributed by atoms with E-state index in [1.54, 1.807) is 12.1 Å². The van der Waals surface area contributed by atoms with Crippen LogP contribution in [0.5, 0.6) is 0 Å². The van der Waals surface area contributed by atoms with Gasteiger partial charge in [-0.1, -0.05) is 60.5 Å². The Morgan fingerprint density at radius 3 is 2.50 bits per heavy atom. The maximum absolute atomic E-state index is 12.2. The normalized spacial score (nSPS) is 11.6. The van der Waals surface area contributed by atoms with Crippen LogP contribution in [0.25, 0.3) is 0 Å². The third-order valence-corrected chi connectivity index (χ3v) is 4.01. The van der Waals surface area contributed by atoms with E-state index in [0.717, 1.165) is 5.56 Å². The topological polar surface area (TPSA) is 55.4 Å². The highest BCUT2D eigenvalue weighted by Crippen LogP contribution is 2.25. The van der Waals surface area contributed by atoms with Gasteiger partial charge < -0.3 is 10.1 Å². The van der Waals surface area contributed by atoms with Crippen LogP contribution in [0.1, 0.15) is 24.8 Å². The van der Waals surface area contributed by atoms with Crippen LogP contribution >= 0.6 is 23.2 Å². The molecule has 0 radical (unpaired) electrons. The van der Waals surface area contributed by atoms with Crippen LogP contribution in [0, 0.1) is 0 Å². The van der Waals surface area contributed by atoms with E-state index in [2.05, 4.69) is 5.32 Å². The molecule has 24 heavy (non-hydrogen) atoms. The zero-order chi connectivity index (χ0) is 17.5. The van der Waals surface area contributed by atoms with Crippen LogP contribution in [-0.2, 0) is 14.3 Å². The maximum atomic E-state index is 12.2. The molecule has 4 nitrogen and oxygen atoms in total. The van der Waals surface area contributed by atoms with Gasteiger partial charge in [-0.3, -0.25) is 9.59 Å². The Hall–Kier alpha value is -2.04. The summed E-state index contributed by atoms with van der Waals surface area (Å²) in [5.74, 6) is -1.31. The van der Waals surface area contributed by atoms with E-state index in [1.807, 2.05) is 37.3 Å². The third-order valence-electron chi connectivity index (χ3n) is 3.44. The molecule has 0 spiro atoms. The number of hydrogen-bond acceptors (Lipinski definition) is 3. The summed E-state index contributed by atoms with van der Waals surface area (Å²) in [5.41, 5.74) is 1.24. The number of anilines is 1. The van der Waals surface area contributed by atoms with Crippen LogP contribution in [0.4, 0.5) is 5.69 Å². The Bertz CT molecular complexity index is 719. The Morgan fingerprint density at radius 2 is 1.83 bits per heavy atom. The van der Waals surface area contributed by atoms with Gasteiger partial charge in [0.1, 0.15) is 0 Å². The van der Waals surface area contributed by atoms with Crippen molar-refractivity contribution in [3.05, 3.63) is 64.1 Å². The second-order valence-corrected chi connectivity index (χ2v) is 6.00. The van der Waals surface area contributed by atoms with Gasteiger partial charge in [-0.05, 0) is 30.2 Å². The van der Waals surface area contributed by atoms with Crippen LogP contribution in [0.2, 0.25) is 10.0 Å². The van der Waals surface area contributed by atoms with Crippen molar-refractivity contribution in [1.29, 1.82) is 0 Å². The molecule has 2 aromatic carbocycles. The van der Waals surface area contributed by atoms with Gasteiger partial charge in [0.2, 0.25) is 0 Å². The first-order valence-electron chi connectivity index (χ1n) is 7.47. The predicted molar refractivity (Wildman–Crippen MR) is 95.5 cm³/mol. The zero-order valence-electron chi connectivity index (χ0n) is 13.1. The number of rotatable bonds is 6. The summed E-state index contributed by atoms with van der Waals surface area (Å²) >= 11 is 11.8. The molecule has 0 unspecified atom stereocenters. The smallest absolute Gasteiger partial charge is 0.313 e. The molecule has 0 heterocycles. The molecule has 0 aromatic heterocycles. The molecule has 0 saturated carbocycles. The van der Waals surface area contributed by atoms with Crippen molar-refractivity contribution in [2.45, 2.75) is 19.3 Å². The molecule has 6 heteroatoms. The van der Waals surface area contributed by atoms with Crippen LogP contribution in [-0.4, -0.2) is 18.5 Å². The van der Waals surface area contributed by atoms with Crippen molar-refractivity contribution >= 4 is 40.8 Å². The summed E-state index contributed by atoms with van der Waals surface area (Å²) in [6, 6.07) is 14.0. The predicted octanol–water partition coefficient (Wildman–Crippen LogP) is 4.67. The zero-order valence-corrected chi connectivity index (χ0v) is 14.6. The first-order valence-corrected chi connectivity index (χ1v) is 8.23. The first kappa shape index (κ1) is 18.3. The average Bonchev–Trinajstić information content (AvgIpc) is 2.58. The van der Waals surface area contributed by atoms with Gasteiger partial charge >= 0.3 is 5.97 Å². The lowest BCUT2D eigenvalue weighted by molar-refractivity contribution is -0.149. The van der Waals surface area contributed by atoms with E-state index in [-0.39, 0.29) is 6.61 Å². The van der Waals surface area contributed by atoms with Crippen molar-refractivity contribution in [2.24, 2.45) is 0 Å². The number of hydrogen-bond donors (Lipinski definition) is 1. The number of carbonyl (C=O) groups excluding carboxylic acids is 2. The summed E-state index contributed by atoms with van der Waals surface area (Å²) in [4.78, 5) is 24.1. The van der Waals surface area contributed by atoms with Gasteiger partial charge in [0, 0.05) is 5.02 Å². The molecule has 0 aliphatic carbocycles. The van der Waals surface area contributed by atoms with E-state index in [9.17, 15) is 9.59 Å². The summed E-state index contributed by atoms with van der Waals surface area (Å²) in [6.07, 6.45) is 0.588. The van der Waals surface area contributed by atoms with Crippen molar-refractivity contribution in [2.75, 3.05) is 11.9 Å². The minimum absolute atomic E-state index is 0.356. The molecular formula is C18H17Cl2NO3. The Labute approximate surface area is 150 Å². The minimum atomic E-state index is -0.476. The number of nitrogens with one attached hydrogen (secondary N) is 1. The van der Waals surface area contributed by atoms with Crippen molar-refractivity contribution < 1.29 is 14.3 Å². The van der Waals surface area contributed by atoms with Gasteiger partial charge in [0.05, 0.1) is 16.6 Å². The Balaban J connectivity index is 1.93. The molecule has 0 aliphatic heterocycles. The standard InChI is InChI=1S/C18H17Cl2NO3/c1-2-14(12-6-4-3-5-7-12)18(23)24-11-17(22)21-16-10-13(19)8-9-15(16)20/h3-10,14H,2,11H2,1H3,(H,21,22)/t14-/m0/s1. The SMILES string of the molecule is CC[C@H](C(=O)OCC(=O)Nc1cc(Cl)ccc1Cl)c1ccccc1. The minimum Gasteiger partial charge on any atom is -0.455 e. The fourth-order valence-electron chi connectivity index (χ4n) is 2.24. The Kier molecular flexibility index (Phi) is 6.64. The monoisotopic (exact) mass is 365 g/mol. The molecule has 1 N–H and O–H groups in total. The molecule has 0 fully saturated rings. The second-order valence-electron chi connectivity index (χ2n) is 5.15. The van der Waals surface area contributed by atoms with Gasteiger partial charge in [-0.25, -0.2) is 0 Å². The number of esters is 1. The summed E-state index contributed by atoms with van der Waals surface area (Å²) in [7, 11) is 0. The molecule has 1 amide bonds. The molecular weight excluding hydrogens is 349 g/mol. The van der Waals surface area contributed by atoms with Crippen LogP contribution in [0.15, 0.2) is 48.5 Å². The van der Waals surface area contributed by atoms with Crippen molar-refractivity contribution in [1.82, 2.24) is 0 Å². The second kappa shape index (κ2) is 8.71. The van der Waals surface area contributed by atoms with E-state index < -0.39 is 17.8 Å². The van der Waals surface area contributed by atoms with E-state index in [0.29, 0.717) is 22.2 Å². The summed E-state index contributed by atoms with van der Waals surface area (Å²) in [5, 5.41) is 3.37. The van der Waals surface area contributed by atoms with Gasteiger partial charge in [-0.15, -0.1) is 0 Å². The number of ether oxygens (including phenoxy) is 1. The highest BCUT2D eigenvalue weighted by atomic mass is 35.5. The highest BCUT2D eigenvalue weighted by Gasteiger charge is 2.21. The fourth-order valence-corrected chi connectivity index (χ4v) is 2.58. The molecule has 1 atom stereocenters. The van der Waals surface area contributed by atoms with E-state index in [1.165, 1.54) is 6.07 Å². The summed E-state index contributed by atoms with van der Waals surface area (Å²) < 4.78 is 5.13. The largest absolute Gasteiger partial charge is 0.455 e. The number of halogens is 2. The van der Waals surface area contributed by atoms with Gasteiger partial charge in [-0.2, -0.15) is 0 Å². The Morgan fingerprint density at radius 1 is 1.12 bits per heavy atom. The molecule has 0 saturated heterocycles. The highest BCUT2D eigenvalue weighted by molar-refractivity contribution is 6.35. The molecule has 2 rings (SSSR count). The lowest BCUT2D eigenvalue weighted by Gasteiger charge is -2.14. The molecule has 0 aliphatic rings. The number of benzene rings is 2. The molecule has 0 bridgehead atoms. The lowest BCUT2D eigenvalue weighted by atomic mass is 9.97. The third kappa shape index (κ3) is 4.98. The van der Waals surface area contributed by atoms with Crippen LogP contribution in [0.3, 0.4) is 0 Å². The van der Waals surface area contributed by atoms with E-state index in [4.69, 9.17) is 27.9 Å². The maximum Gasteiger partial charge on any atom is 0.313 e.